The molecule has 0 amide bonds. The average Bonchev–Trinajstić information content (AvgIpc) is 1.27. The second-order valence-electron chi connectivity index (χ2n) is 2.48. The normalized spacial score (nSPS) is 7.78. The number of hydrogen-bond donors (Lipinski definition) is 0. The average molecular weight is 368 g/mol. The van der Waals surface area contributed by atoms with E-state index in [-0.39, 0.29) is 58.0 Å². The summed E-state index contributed by atoms with van der Waals surface area (Å²) in [5.41, 5.74) is 0. The molecule has 0 aromatic rings. The first kappa shape index (κ1) is 17.1. The van der Waals surface area contributed by atoms with Crippen molar-refractivity contribution >= 4 is 12.0 Å². The Hall–Kier alpha value is 1.88. The van der Waals surface area contributed by atoms with E-state index < -0.39 is 0 Å². The summed E-state index contributed by atoms with van der Waals surface area (Å²) in [5.74, 6) is 0.0556. The third kappa shape index (κ3) is 17.7. The maximum atomic E-state index is 2.52. The summed E-state index contributed by atoms with van der Waals surface area (Å²) in [5, 5.41) is 0. The van der Waals surface area contributed by atoms with Crippen LogP contribution in [0.3, 0.4) is 0 Å². The monoisotopic (exact) mass is 368 g/mol. The van der Waals surface area contributed by atoms with E-state index in [2.05, 4.69) is 26.2 Å². The van der Waals surface area contributed by atoms with Gasteiger partial charge in [-0.05, 0) is 0 Å². The van der Waals surface area contributed by atoms with Crippen LogP contribution in [-0.2, 0) is 21.2 Å². The van der Waals surface area contributed by atoms with Crippen molar-refractivity contribution in [2.75, 3.05) is 0 Å². The maximum absolute atomic E-state index is 2.52. The van der Waals surface area contributed by atoms with Gasteiger partial charge in [0.2, 0.25) is 0 Å². The minimum absolute atomic E-state index is 0. The van der Waals surface area contributed by atoms with Gasteiger partial charge in [-0.25, -0.2) is 0 Å². The molecule has 56 valence electrons. The van der Waals surface area contributed by atoms with Gasteiger partial charge in [0.05, 0.1) is 0 Å². The first-order chi connectivity index (χ1) is 3.13. The van der Waals surface area contributed by atoms with Crippen molar-refractivity contribution in [3.8, 4) is 0 Å². The fourth-order valence-electron chi connectivity index (χ4n) is 0.667. The van der Waals surface area contributed by atoms with Crippen LogP contribution in [0.4, 0.5) is 0 Å². The standard InChI is InChI=1S/2C2H7Si.2ClH.Hf/c2*1-3-2;;;/h2*3H,1-2H3;2*1H;/q;;;;+2/p-2. The Labute approximate surface area is 83.5 Å². The molecule has 0 rings (SSSR count). The summed E-state index contributed by atoms with van der Waals surface area (Å²) >= 11 is 0.127. The Kier molecular flexibility index (Phi) is 18.8. The molecule has 0 unspecified atom stereocenters. The molecule has 9 heavy (non-hydrogen) atoms. The molecule has 0 aliphatic rings. The third-order valence-electron chi connectivity index (χ3n) is 0.667. The zero-order valence-electron chi connectivity index (χ0n) is 6.41. The number of rotatable bonds is 2. The van der Waals surface area contributed by atoms with Crippen molar-refractivity contribution < 1.29 is 46.1 Å². The van der Waals surface area contributed by atoms with Gasteiger partial charge in [-0.15, -0.1) is 0 Å². The quantitative estimate of drug-likeness (QED) is 0.429. The molecule has 0 heterocycles. The van der Waals surface area contributed by atoms with Crippen molar-refractivity contribution in [3.05, 3.63) is 0 Å². The molecular weight excluding hydrogens is 354 g/mol. The molecule has 0 N–H and O–H groups in total. The van der Waals surface area contributed by atoms with Gasteiger partial charge in [0, 0.05) is 0 Å². The Morgan fingerprint density at radius 2 is 1.00 bits per heavy atom. The second kappa shape index (κ2) is 9.88. The van der Waals surface area contributed by atoms with Gasteiger partial charge in [0.1, 0.15) is 0 Å². The molecule has 0 fully saturated rings. The maximum Gasteiger partial charge on any atom is -1.00 e. The summed E-state index contributed by atoms with van der Waals surface area (Å²) in [6.45, 7) is 10.1. The van der Waals surface area contributed by atoms with E-state index in [1.165, 1.54) is 0 Å². The van der Waals surface area contributed by atoms with Crippen LogP contribution < -0.4 is 24.8 Å². The van der Waals surface area contributed by atoms with Gasteiger partial charge >= 0.3 is 59.4 Å². The van der Waals surface area contributed by atoms with Crippen molar-refractivity contribution in [2.45, 2.75) is 26.2 Å². The molecule has 0 aromatic carbocycles. The van der Waals surface area contributed by atoms with Crippen LogP contribution in [-0.4, -0.2) is 12.0 Å². The Morgan fingerprint density at radius 1 is 0.778 bits per heavy atom. The van der Waals surface area contributed by atoms with Crippen LogP contribution in [0.1, 0.15) is 0 Å². The van der Waals surface area contributed by atoms with Crippen molar-refractivity contribution in [2.24, 2.45) is 0 Å². The fourth-order valence-corrected chi connectivity index (χ4v) is 49.1. The molecule has 0 bridgehead atoms. The topological polar surface area (TPSA) is 0 Å². The van der Waals surface area contributed by atoms with Gasteiger partial charge < -0.3 is 24.8 Å². The summed E-state index contributed by atoms with van der Waals surface area (Å²) in [7, 11) is 0. The predicted octanol–water partition coefficient (Wildman–Crippen LogP) is -4.96. The van der Waals surface area contributed by atoms with Gasteiger partial charge in [0.25, 0.3) is 0 Å². The van der Waals surface area contributed by atoms with E-state index in [9.17, 15) is 0 Å². The molecule has 5 heteroatoms. The molecule has 0 aromatic heterocycles. The minimum Gasteiger partial charge on any atom is -1.00 e. The zero-order chi connectivity index (χ0) is 5.86. The van der Waals surface area contributed by atoms with Gasteiger partial charge in [-0.3, -0.25) is 0 Å². The summed E-state index contributed by atoms with van der Waals surface area (Å²) in [6.07, 6.45) is 0. The molecule has 0 aliphatic carbocycles. The molecule has 0 radical (unpaired) electrons. The zero-order valence-corrected chi connectivity index (χ0v) is 13.8. The third-order valence-corrected chi connectivity index (χ3v) is 49.1. The largest absolute Gasteiger partial charge is 1.00 e. The van der Waals surface area contributed by atoms with E-state index in [1.807, 2.05) is 0 Å². The molecule has 0 aliphatic heterocycles. The van der Waals surface area contributed by atoms with E-state index in [4.69, 9.17) is 0 Å². The van der Waals surface area contributed by atoms with Crippen LogP contribution in [0.15, 0.2) is 0 Å². The first-order valence-electron chi connectivity index (χ1n) is 2.89. The molecular formula is C4H14Cl2HfSi2. The Balaban J connectivity index is -0.000000180. The van der Waals surface area contributed by atoms with Crippen molar-refractivity contribution in [1.82, 2.24) is 0 Å². The molecule has 0 saturated carbocycles. The van der Waals surface area contributed by atoms with Gasteiger partial charge in [0.15, 0.2) is 0 Å². The predicted molar refractivity (Wildman–Crippen MR) is 37.8 cm³/mol. The van der Waals surface area contributed by atoms with Crippen LogP contribution in [0.2, 0.25) is 26.2 Å². The SMILES string of the molecule is C[SiH](C)[Hf+2][SiH](C)C.[Cl-].[Cl-]. The van der Waals surface area contributed by atoms with Crippen LogP contribution in [0.25, 0.3) is 0 Å². The summed E-state index contributed by atoms with van der Waals surface area (Å²) in [6, 6.07) is 0. The van der Waals surface area contributed by atoms with E-state index in [0.29, 0.717) is 0 Å². The van der Waals surface area contributed by atoms with Gasteiger partial charge in [-0.1, -0.05) is 0 Å². The molecule has 0 atom stereocenters. The number of halogens is 2. The smallest absolute Gasteiger partial charge is 1.00 e. The van der Waals surface area contributed by atoms with E-state index in [0.717, 1.165) is 0 Å². The van der Waals surface area contributed by atoms with Crippen molar-refractivity contribution in [3.63, 3.8) is 0 Å². The van der Waals surface area contributed by atoms with Crippen LogP contribution in [0, 0.1) is 0 Å². The van der Waals surface area contributed by atoms with E-state index >= 15 is 0 Å². The summed E-state index contributed by atoms with van der Waals surface area (Å²) in [4.78, 5) is 0. The number of hydrogen-bond acceptors (Lipinski definition) is 0. The van der Waals surface area contributed by atoms with Crippen LogP contribution >= 0.6 is 0 Å². The van der Waals surface area contributed by atoms with Crippen LogP contribution in [0.5, 0.6) is 0 Å². The fraction of sp³-hybridized carbons (Fsp3) is 1.00. The molecule has 0 spiro atoms. The molecule has 0 nitrogen and oxygen atoms in total. The first-order valence-corrected chi connectivity index (χ1v) is 21.1. The second-order valence-corrected chi connectivity index (χ2v) is 44.1. The van der Waals surface area contributed by atoms with E-state index in [1.54, 1.807) is 0 Å². The Morgan fingerprint density at radius 3 is 1.00 bits per heavy atom. The Bertz CT molecular complexity index is 45.8. The van der Waals surface area contributed by atoms with Crippen molar-refractivity contribution in [1.29, 1.82) is 0 Å². The molecule has 0 saturated heterocycles. The summed E-state index contributed by atoms with van der Waals surface area (Å²) < 4.78 is 0. The minimum atomic E-state index is 0. The van der Waals surface area contributed by atoms with Gasteiger partial charge in [-0.2, -0.15) is 0 Å².